The van der Waals surface area contributed by atoms with Gasteiger partial charge in [0.2, 0.25) is 0 Å². The summed E-state index contributed by atoms with van der Waals surface area (Å²) >= 11 is 0. The van der Waals surface area contributed by atoms with Crippen molar-refractivity contribution in [3.05, 3.63) is 72.1 Å². The van der Waals surface area contributed by atoms with Gasteiger partial charge in [-0.05, 0) is 53.9 Å². The summed E-state index contributed by atoms with van der Waals surface area (Å²) in [4.78, 5) is 14.2. The lowest BCUT2D eigenvalue weighted by molar-refractivity contribution is -0.157. The van der Waals surface area contributed by atoms with Crippen LogP contribution in [0.3, 0.4) is 0 Å². The smallest absolute Gasteiger partial charge is 0.318 e. The fraction of sp³-hybridized carbons (Fsp3) is 0.433. The van der Waals surface area contributed by atoms with Crippen LogP contribution < -0.4 is 0 Å². The average Bonchev–Trinajstić information content (AvgIpc) is 3.45. The van der Waals surface area contributed by atoms with Crippen LogP contribution in [0.5, 0.6) is 0 Å². The molecule has 2 bridgehead atoms. The monoisotopic (exact) mass is 454 g/mol. The molecule has 4 heteroatoms. The maximum absolute atomic E-state index is 14.2. The van der Waals surface area contributed by atoms with E-state index in [1.807, 2.05) is 0 Å². The van der Waals surface area contributed by atoms with Crippen LogP contribution >= 0.6 is 0 Å². The van der Waals surface area contributed by atoms with Crippen LogP contribution in [0, 0.1) is 16.7 Å². The van der Waals surface area contributed by atoms with E-state index >= 15 is 0 Å². The molecule has 34 heavy (non-hydrogen) atoms. The fourth-order valence-corrected chi connectivity index (χ4v) is 7.14. The van der Waals surface area contributed by atoms with E-state index in [4.69, 9.17) is 4.74 Å². The number of carbonyl (C=O) groups excluding carboxylic acids is 1. The lowest BCUT2D eigenvalue weighted by atomic mass is 9.70. The second-order valence-electron chi connectivity index (χ2n) is 11.4. The number of aryl methyl sites for hydroxylation is 2. The van der Waals surface area contributed by atoms with Gasteiger partial charge in [-0.2, -0.15) is 0 Å². The SMILES string of the molecule is Cn1cc(C(C(=O)OC2CC3CCC2(C)C3(C)C)c2cn(C)c3ccccc23)c2ccccc21. The van der Waals surface area contributed by atoms with Crippen LogP contribution in [-0.2, 0) is 23.6 Å². The number of carbonyl (C=O) groups is 1. The van der Waals surface area contributed by atoms with Gasteiger partial charge >= 0.3 is 5.97 Å². The number of fused-ring (bicyclic) bond motifs is 4. The Balaban J connectivity index is 1.49. The molecule has 3 unspecified atom stereocenters. The van der Waals surface area contributed by atoms with Gasteiger partial charge in [-0.15, -0.1) is 0 Å². The van der Waals surface area contributed by atoms with E-state index in [1.54, 1.807) is 0 Å². The summed E-state index contributed by atoms with van der Waals surface area (Å²) in [5.41, 5.74) is 4.54. The van der Waals surface area contributed by atoms with Crippen LogP contribution in [0.25, 0.3) is 21.8 Å². The maximum Gasteiger partial charge on any atom is 0.318 e. The molecule has 2 aromatic carbocycles. The van der Waals surface area contributed by atoms with Crippen molar-refractivity contribution < 1.29 is 9.53 Å². The number of nitrogens with zero attached hydrogens (tertiary/aromatic N) is 2. The Hall–Kier alpha value is -3.01. The first kappa shape index (κ1) is 21.5. The molecule has 2 fully saturated rings. The summed E-state index contributed by atoms with van der Waals surface area (Å²) < 4.78 is 10.8. The molecule has 0 spiro atoms. The van der Waals surface area contributed by atoms with Gasteiger partial charge in [0.1, 0.15) is 12.0 Å². The molecule has 0 N–H and O–H groups in total. The van der Waals surface area contributed by atoms with Crippen LogP contribution in [0.4, 0.5) is 0 Å². The van der Waals surface area contributed by atoms with E-state index in [0.29, 0.717) is 5.92 Å². The maximum atomic E-state index is 14.2. The third-order valence-corrected chi connectivity index (χ3v) is 9.69. The second-order valence-corrected chi connectivity index (χ2v) is 11.4. The summed E-state index contributed by atoms with van der Waals surface area (Å²) in [5.74, 6) is 0.0363. The van der Waals surface area contributed by atoms with Crippen molar-refractivity contribution in [3.63, 3.8) is 0 Å². The predicted octanol–water partition coefficient (Wildman–Crippen LogP) is 6.56. The molecule has 0 saturated heterocycles. The van der Waals surface area contributed by atoms with E-state index in [1.165, 1.54) is 6.42 Å². The number of rotatable bonds is 4. The van der Waals surface area contributed by atoms with Gasteiger partial charge < -0.3 is 13.9 Å². The van der Waals surface area contributed by atoms with Crippen LogP contribution in [-0.4, -0.2) is 21.2 Å². The molecular weight excluding hydrogens is 420 g/mol. The van der Waals surface area contributed by atoms with Gasteiger partial charge in [-0.25, -0.2) is 0 Å². The number of ether oxygens (including phenoxy) is 1. The highest BCUT2D eigenvalue weighted by Gasteiger charge is 2.63. The quantitative estimate of drug-likeness (QED) is 0.327. The Morgan fingerprint density at radius 2 is 1.44 bits per heavy atom. The first-order chi connectivity index (χ1) is 16.2. The van der Waals surface area contributed by atoms with Gasteiger partial charge in [0.25, 0.3) is 0 Å². The van der Waals surface area contributed by atoms with E-state index in [9.17, 15) is 4.79 Å². The van der Waals surface area contributed by atoms with Gasteiger partial charge in [0.15, 0.2) is 0 Å². The Labute approximate surface area is 201 Å². The average molecular weight is 455 g/mol. The Morgan fingerprint density at radius 1 is 0.912 bits per heavy atom. The Morgan fingerprint density at radius 3 is 1.91 bits per heavy atom. The zero-order chi connectivity index (χ0) is 23.8. The zero-order valence-electron chi connectivity index (χ0n) is 20.8. The van der Waals surface area contributed by atoms with E-state index in [2.05, 4.69) is 105 Å². The minimum atomic E-state index is -0.469. The number of benzene rings is 2. The second kappa shape index (κ2) is 7.24. The molecule has 0 amide bonds. The molecule has 0 radical (unpaired) electrons. The topological polar surface area (TPSA) is 36.2 Å². The minimum Gasteiger partial charge on any atom is -0.461 e. The first-order valence-corrected chi connectivity index (χ1v) is 12.5. The number of para-hydroxylation sites is 2. The molecule has 2 aliphatic carbocycles. The molecule has 176 valence electrons. The van der Waals surface area contributed by atoms with Gasteiger partial charge in [-0.3, -0.25) is 4.79 Å². The van der Waals surface area contributed by atoms with Gasteiger partial charge in [0, 0.05) is 53.7 Å². The summed E-state index contributed by atoms with van der Waals surface area (Å²) in [7, 11) is 4.10. The fourth-order valence-electron chi connectivity index (χ4n) is 7.14. The van der Waals surface area contributed by atoms with Crippen molar-refractivity contribution in [1.82, 2.24) is 9.13 Å². The standard InChI is InChI=1S/C30H34N2O2/c1-29(2)19-14-15-30(29,3)26(16-19)34-28(33)27(22-17-31(4)24-12-8-6-10-20(22)24)23-18-32(5)25-13-9-7-11-21(23)25/h6-13,17-19,26-27H,14-16H2,1-5H3. The number of esters is 1. The van der Waals surface area contributed by atoms with Crippen molar-refractivity contribution in [1.29, 1.82) is 0 Å². The highest BCUT2D eigenvalue weighted by Crippen LogP contribution is 2.66. The third-order valence-electron chi connectivity index (χ3n) is 9.69. The third kappa shape index (κ3) is 2.80. The minimum absolute atomic E-state index is 0.0267. The molecule has 4 nitrogen and oxygen atoms in total. The molecule has 2 saturated carbocycles. The molecular formula is C30H34N2O2. The molecule has 2 heterocycles. The lowest BCUT2D eigenvalue weighted by Gasteiger charge is -2.38. The first-order valence-electron chi connectivity index (χ1n) is 12.5. The van der Waals surface area contributed by atoms with E-state index < -0.39 is 5.92 Å². The largest absolute Gasteiger partial charge is 0.461 e. The van der Waals surface area contributed by atoms with Gasteiger partial charge in [0.05, 0.1) is 0 Å². The summed E-state index contributed by atoms with van der Waals surface area (Å²) in [5, 5.41) is 2.22. The molecule has 6 rings (SSSR count). The normalized spacial score (nSPS) is 25.6. The van der Waals surface area contributed by atoms with Crippen molar-refractivity contribution in [2.45, 2.75) is 52.1 Å². The Kier molecular flexibility index (Phi) is 4.58. The van der Waals surface area contributed by atoms with Gasteiger partial charge in [-0.1, -0.05) is 57.2 Å². The van der Waals surface area contributed by atoms with Crippen LogP contribution in [0.15, 0.2) is 60.9 Å². The van der Waals surface area contributed by atoms with Crippen molar-refractivity contribution in [2.24, 2.45) is 30.8 Å². The summed E-state index contributed by atoms with van der Waals surface area (Å²) in [6.07, 6.45) is 7.56. The lowest BCUT2D eigenvalue weighted by Crippen LogP contribution is -2.39. The molecule has 2 aliphatic rings. The summed E-state index contributed by atoms with van der Waals surface area (Å²) in [6.45, 7) is 7.07. The highest BCUT2D eigenvalue weighted by molar-refractivity contribution is 5.97. The molecule has 0 aliphatic heterocycles. The number of aromatic nitrogens is 2. The Bertz CT molecular complexity index is 1340. The number of hydrogen-bond acceptors (Lipinski definition) is 2. The van der Waals surface area contributed by atoms with E-state index in [-0.39, 0.29) is 22.9 Å². The molecule has 4 aromatic rings. The zero-order valence-corrected chi connectivity index (χ0v) is 20.8. The highest BCUT2D eigenvalue weighted by atomic mass is 16.5. The predicted molar refractivity (Wildman–Crippen MR) is 137 cm³/mol. The molecule has 2 aromatic heterocycles. The van der Waals surface area contributed by atoms with E-state index in [0.717, 1.165) is 45.8 Å². The van der Waals surface area contributed by atoms with Crippen molar-refractivity contribution >= 4 is 27.8 Å². The van der Waals surface area contributed by atoms with Crippen LogP contribution in [0.1, 0.15) is 57.1 Å². The summed E-state index contributed by atoms with van der Waals surface area (Å²) in [6, 6.07) is 16.7. The van der Waals surface area contributed by atoms with Crippen molar-refractivity contribution in [3.8, 4) is 0 Å². The van der Waals surface area contributed by atoms with Crippen molar-refractivity contribution in [2.75, 3.05) is 0 Å². The molecule has 3 atom stereocenters. The number of hydrogen-bond donors (Lipinski definition) is 0. The van der Waals surface area contributed by atoms with Crippen LogP contribution in [0.2, 0.25) is 0 Å².